The standard InChI is InChI=1S/C34H36N6O2/c1-24-8-11-27(12-9-24)34-30(23-39(37-34)29-6-4-3-5-7-29)32-22-31(36-40(32)33(42)17-10-25(2)41)26-13-15-28(16-14-26)38-20-18-35-19-21-38/h3-9,11-16,23,32,35H,10,17-22H2,1-2H3. The minimum Gasteiger partial charge on any atom is -0.369 e. The lowest BCUT2D eigenvalue weighted by Crippen LogP contribution is -2.43. The lowest BCUT2D eigenvalue weighted by atomic mass is 9.96. The van der Waals surface area contributed by atoms with E-state index in [1.165, 1.54) is 18.2 Å². The molecule has 1 unspecified atom stereocenters. The Morgan fingerprint density at radius 1 is 0.857 bits per heavy atom. The van der Waals surface area contributed by atoms with Gasteiger partial charge >= 0.3 is 0 Å². The number of amides is 1. The summed E-state index contributed by atoms with van der Waals surface area (Å²) < 4.78 is 1.88. The molecular formula is C34H36N6O2. The Balaban J connectivity index is 1.38. The summed E-state index contributed by atoms with van der Waals surface area (Å²) >= 11 is 0. The molecule has 1 amide bonds. The maximum Gasteiger partial charge on any atom is 0.243 e. The van der Waals surface area contributed by atoms with Crippen molar-refractivity contribution in [2.45, 2.75) is 39.2 Å². The van der Waals surface area contributed by atoms with Crippen LogP contribution in [0, 0.1) is 6.92 Å². The van der Waals surface area contributed by atoms with Crippen molar-refractivity contribution in [1.82, 2.24) is 20.1 Å². The van der Waals surface area contributed by atoms with E-state index < -0.39 is 0 Å². The zero-order chi connectivity index (χ0) is 29.1. The highest BCUT2D eigenvalue weighted by Crippen LogP contribution is 2.39. The van der Waals surface area contributed by atoms with Crippen molar-refractivity contribution in [3.8, 4) is 16.9 Å². The molecule has 1 atom stereocenters. The number of nitrogens with one attached hydrogen (secondary N) is 1. The van der Waals surface area contributed by atoms with Gasteiger partial charge in [0.2, 0.25) is 5.91 Å². The molecule has 1 saturated heterocycles. The van der Waals surface area contributed by atoms with Crippen molar-refractivity contribution in [2.75, 3.05) is 31.1 Å². The minimum absolute atomic E-state index is 0.0101. The molecule has 8 heteroatoms. The fraction of sp³-hybridized carbons (Fsp3) is 0.294. The Kier molecular flexibility index (Phi) is 7.97. The number of rotatable bonds is 8. The van der Waals surface area contributed by atoms with Crippen molar-refractivity contribution in [1.29, 1.82) is 0 Å². The maximum absolute atomic E-state index is 13.6. The van der Waals surface area contributed by atoms with E-state index in [0.29, 0.717) is 6.42 Å². The van der Waals surface area contributed by atoms with Crippen molar-refractivity contribution in [2.24, 2.45) is 5.10 Å². The molecular weight excluding hydrogens is 524 g/mol. The molecule has 0 saturated carbocycles. The maximum atomic E-state index is 13.6. The second-order valence-corrected chi connectivity index (χ2v) is 11.1. The van der Waals surface area contributed by atoms with E-state index in [1.54, 1.807) is 5.01 Å². The number of carbonyl (C=O) groups excluding carboxylic acids is 2. The predicted octanol–water partition coefficient (Wildman–Crippen LogP) is 5.30. The first kappa shape index (κ1) is 27.6. The third-order valence-electron chi connectivity index (χ3n) is 7.99. The van der Waals surface area contributed by atoms with Gasteiger partial charge in [-0.15, -0.1) is 0 Å². The molecule has 4 aromatic rings. The van der Waals surface area contributed by atoms with Gasteiger partial charge in [0.05, 0.1) is 23.1 Å². The zero-order valence-electron chi connectivity index (χ0n) is 24.2. The summed E-state index contributed by atoms with van der Waals surface area (Å²) in [7, 11) is 0. The van der Waals surface area contributed by atoms with Crippen LogP contribution in [-0.2, 0) is 9.59 Å². The first-order valence-corrected chi connectivity index (χ1v) is 14.6. The third-order valence-corrected chi connectivity index (χ3v) is 7.99. The van der Waals surface area contributed by atoms with Gasteiger partial charge in [0.1, 0.15) is 5.78 Å². The number of ketones is 1. The number of hydrogen-bond acceptors (Lipinski definition) is 6. The summed E-state index contributed by atoms with van der Waals surface area (Å²) in [5, 5.41) is 14.9. The van der Waals surface area contributed by atoms with Gasteiger partial charge in [0.25, 0.3) is 0 Å². The molecule has 1 aromatic heterocycles. The molecule has 0 aliphatic carbocycles. The van der Waals surface area contributed by atoms with E-state index in [2.05, 4.69) is 65.7 Å². The summed E-state index contributed by atoms with van der Waals surface area (Å²) in [5.74, 6) is -0.172. The largest absolute Gasteiger partial charge is 0.369 e. The fourth-order valence-corrected chi connectivity index (χ4v) is 5.62. The number of hydrazone groups is 1. The van der Waals surface area contributed by atoms with Crippen molar-refractivity contribution in [3.63, 3.8) is 0 Å². The van der Waals surface area contributed by atoms with Gasteiger partial charge in [-0.3, -0.25) is 4.79 Å². The summed E-state index contributed by atoms with van der Waals surface area (Å²) in [5.41, 5.74) is 7.87. The topological polar surface area (TPSA) is 82.8 Å². The number of nitrogens with zero attached hydrogens (tertiary/aromatic N) is 5. The first-order valence-electron chi connectivity index (χ1n) is 14.6. The van der Waals surface area contributed by atoms with Gasteiger partial charge in [0, 0.05) is 68.5 Å². The Bertz CT molecular complexity index is 1590. The highest BCUT2D eigenvalue weighted by molar-refractivity contribution is 6.03. The van der Waals surface area contributed by atoms with E-state index in [4.69, 9.17) is 10.2 Å². The number of aryl methyl sites for hydroxylation is 1. The second kappa shape index (κ2) is 12.1. The van der Waals surface area contributed by atoms with Crippen LogP contribution in [0.25, 0.3) is 16.9 Å². The normalized spacial score (nSPS) is 16.9. The van der Waals surface area contributed by atoms with Crippen LogP contribution in [0.4, 0.5) is 5.69 Å². The molecule has 8 nitrogen and oxygen atoms in total. The summed E-state index contributed by atoms with van der Waals surface area (Å²) in [4.78, 5) is 27.7. The van der Waals surface area contributed by atoms with E-state index >= 15 is 0 Å². The van der Waals surface area contributed by atoms with E-state index in [0.717, 1.165) is 60.0 Å². The van der Waals surface area contributed by atoms with Crippen LogP contribution in [-0.4, -0.2) is 58.4 Å². The molecule has 3 aromatic carbocycles. The quantitative estimate of drug-likeness (QED) is 0.316. The summed E-state index contributed by atoms with van der Waals surface area (Å²) in [6, 6.07) is 26.4. The molecule has 1 fully saturated rings. The molecule has 214 valence electrons. The summed E-state index contributed by atoms with van der Waals surface area (Å²) in [6.45, 7) is 7.50. The molecule has 6 rings (SSSR count). The molecule has 0 bridgehead atoms. The van der Waals surface area contributed by atoms with E-state index in [1.807, 2.05) is 41.2 Å². The van der Waals surface area contributed by atoms with Crippen molar-refractivity contribution in [3.05, 3.63) is 102 Å². The Hall–Kier alpha value is -4.56. The highest BCUT2D eigenvalue weighted by atomic mass is 16.2. The van der Waals surface area contributed by atoms with Crippen LogP contribution in [0.15, 0.2) is 90.2 Å². The van der Waals surface area contributed by atoms with Crippen LogP contribution < -0.4 is 10.2 Å². The second-order valence-electron chi connectivity index (χ2n) is 11.1. The Morgan fingerprint density at radius 2 is 1.55 bits per heavy atom. The van der Waals surface area contributed by atoms with Gasteiger partial charge in [-0.1, -0.05) is 60.2 Å². The summed E-state index contributed by atoms with van der Waals surface area (Å²) in [6.07, 6.45) is 2.89. The monoisotopic (exact) mass is 560 g/mol. The van der Waals surface area contributed by atoms with Crippen LogP contribution in [0.1, 0.15) is 48.9 Å². The molecule has 2 aliphatic rings. The lowest BCUT2D eigenvalue weighted by Gasteiger charge is -2.29. The van der Waals surface area contributed by atoms with Crippen LogP contribution in [0.5, 0.6) is 0 Å². The fourth-order valence-electron chi connectivity index (χ4n) is 5.62. The molecule has 3 heterocycles. The van der Waals surface area contributed by atoms with Crippen LogP contribution >= 0.6 is 0 Å². The SMILES string of the molecule is CC(=O)CCC(=O)N1N=C(c2ccc(N3CCNCC3)cc2)CC1c1cn(-c2ccccc2)nc1-c1ccc(C)cc1. The number of carbonyl (C=O) groups is 2. The number of piperazine rings is 1. The van der Waals surface area contributed by atoms with Gasteiger partial charge < -0.3 is 15.0 Å². The molecule has 42 heavy (non-hydrogen) atoms. The molecule has 0 radical (unpaired) electrons. The number of para-hydroxylation sites is 1. The molecule has 2 aliphatic heterocycles. The van der Waals surface area contributed by atoms with Gasteiger partial charge in [-0.05, 0) is 43.7 Å². The number of hydrogen-bond donors (Lipinski definition) is 1. The number of anilines is 1. The number of Topliss-reactive ketones (excluding diaryl/α,β-unsaturated/α-hetero) is 1. The molecule has 0 spiro atoms. The average molecular weight is 561 g/mol. The molecule has 1 N–H and O–H groups in total. The van der Waals surface area contributed by atoms with Crippen molar-refractivity contribution >= 4 is 23.1 Å². The minimum atomic E-state index is -0.346. The Labute approximate surface area is 246 Å². The Morgan fingerprint density at radius 3 is 2.24 bits per heavy atom. The predicted molar refractivity (Wildman–Crippen MR) is 166 cm³/mol. The van der Waals surface area contributed by atoms with Gasteiger partial charge in [-0.25, -0.2) is 9.69 Å². The zero-order valence-corrected chi connectivity index (χ0v) is 24.2. The van der Waals surface area contributed by atoms with Gasteiger partial charge in [0.15, 0.2) is 0 Å². The van der Waals surface area contributed by atoms with Crippen LogP contribution in [0.2, 0.25) is 0 Å². The van der Waals surface area contributed by atoms with E-state index in [-0.39, 0.29) is 30.6 Å². The van der Waals surface area contributed by atoms with Crippen molar-refractivity contribution < 1.29 is 9.59 Å². The van der Waals surface area contributed by atoms with E-state index in [9.17, 15) is 9.59 Å². The highest BCUT2D eigenvalue weighted by Gasteiger charge is 2.36. The number of aromatic nitrogens is 2. The first-order chi connectivity index (χ1) is 20.5. The average Bonchev–Trinajstić information content (AvgIpc) is 3.67. The number of benzene rings is 3. The third kappa shape index (κ3) is 5.90. The lowest BCUT2D eigenvalue weighted by molar-refractivity contribution is -0.134. The smallest absolute Gasteiger partial charge is 0.243 e. The van der Waals surface area contributed by atoms with Crippen LogP contribution in [0.3, 0.4) is 0 Å². The van der Waals surface area contributed by atoms with Gasteiger partial charge in [-0.2, -0.15) is 10.2 Å².